The molecule has 0 heterocycles. The van der Waals surface area contributed by atoms with Gasteiger partial charge in [-0.15, -0.1) is 0 Å². The lowest BCUT2D eigenvalue weighted by molar-refractivity contribution is 0.0473. The summed E-state index contributed by atoms with van der Waals surface area (Å²) in [6, 6.07) is 0.610. The maximum Gasteiger partial charge on any atom is 0.0471 e. The molecular formula is C14H29NO. The second kappa shape index (κ2) is 7.29. The van der Waals surface area contributed by atoms with Gasteiger partial charge in [0.05, 0.1) is 0 Å². The summed E-state index contributed by atoms with van der Waals surface area (Å²) in [5, 5.41) is 3.58. The average Bonchev–Trinajstić information content (AvgIpc) is 2.19. The van der Waals surface area contributed by atoms with E-state index in [4.69, 9.17) is 4.74 Å². The Morgan fingerprint density at radius 3 is 2.50 bits per heavy atom. The van der Waals surface area contributed by atoms with Crippen LogP contribution in [0.2, 0.25) is 0 Å². The van der Waals surface area contributed by atoms with Gasteiger partial charge in [0.1, 0.15) is 0 Å². The zero-order valence-corrected chi connectivity index (χ0v) is 11.3. The molecule has 2 nitrogen and oxygen atoms in total. The second-order valence-corrected chi connectivity index (χ2v) is 5.61. The average molecular weight is 227 g/mol. The minimum atomic E-state index is 0.566. The topological polar surface area (TPSA) is 21.3 Å². The second-order valence-electron chi connectivity index (χ2n) is 5.61. The van der Waals surface area contributed by atoms with Gasteiger partial charge in [-0.2, -0.15) is 0 Å². The maximum atomic E-state index is 5.68. The molecule has 1 saturated carbocycles. The Bertz CT molecular complexity index is 176. The van der Waals surface area contributed by atoms with Crippen molar-refractivity contribution in [1.82, 2.24) is 5.32 Å². The highest BCUT2D eigenvalue weighted by Gasteiger charge is 2.36. The van der Waals surface area contributed by atoms with Gasteiger partial charge in [-0.05, 0) is 31.1 Å². The van der Waals surface area contributed by atoms with E-state index in [0.29, 0.717) is 11.5 Å². The van der Waals surface area contributed by atoms with Gasteiger partial charge in [0.2, 0.25) is 0 Å². The van der Waals surface area contributed by atoms with Gasteiger partial charge in [0, 0.05) is 25.8 Å². The van der Waals surface area contributed by atoms with Gasteiger partial charge in [-0.1, -0.05) is 33.6 Å². The summed E-state index contributed by atoms with van der Waals surface area (Å²) in [7, 11) is 0. The van der Waals surface area contributed by atoms with Crippen molar-refractivity contribution in [1.29, 1.82) is 0 Å². The zero-order valence-electron chi connectivity index (χ0n) is 11.3. The summed E-state index contributed by atoms with van der Waals surface area (Å²) in [4.78, 5) is 0. The van der Waals surface area contributed by atoms with E-state index in [1.165, 1.54) is 45.1 Å². The predicted molar refractivity (Wildman–Crippen MR) is 69.8 cm³/mol. The fourth-order valence-corrected chi connectivity index (χ4v) is 2.25. The van der Waals surface area contributed by atoms with Gasteiger partial charge >= 0.3 is 0 Å². The maximum absolute atomic E-state index is 5.68. The van der Waals surface area contributed by atoms with Crippen LogP contribution in [-0.4, -0.2) is 25.8 Å². The van der Waals surface area contributed by atoms with Crippen LogP contribution in [-0.2, 0) is 4.74 Å². The molecule has 0 radical (unpaired) electrons. The molecule has 1 N–H and O–H groups in total. The Morgan fingerprint density at radius 1 is 1.25 bits per heavy atom. The number of ether oxygens (including phenoxy) is 1. The van der Waals surface area contributed by atoms with Crippen molar-refractivity contribution in [3.63, 3.8) is 0 Å². The monoisotopic (exact) mass is 227 g/mol. The Labute approximate surface area is 101 Å². The van der Waals surface area contributed by atoms with Crippen molar-refractivity contribution in [2.45, 2.75) is 65.3 Å². The van der Waals surface area contributed by atoms with E-state index in [1.54, 1.807) is 0 Å². The van der Waals surface area contributed by atoms with Crippen LogP contribution in [0.4, 0.5) is 0 Å². The van der Waals surface area contributed by atoms with Crippen molar-refractivity contribution in [3.05, 3.63) is 0 Å². The van der Waals surface area contributed by atoms with Crippen LogP contribution in [0.1, 0.15) is 59.3 Å². The van der Waals surface area contributed by atoms with Crippen LogP contribution in [0, 0.1) is 5.41 Å². The molecule has 1 aliphatic rings. The van der Waals surface area contributed by atoms with Crippen LogP contribution in [0.25, 0.3) is 0 Å². The third kappa shape index (κ3) is 4.84. The normalized spacial score (nSPS) is 18.8. The first-order valence-electron chi connectivity index (χ1n) is 7.00. The van der Waals surface area contributed by atoms with Crippen LogP contribution in [0.3, 0.4) is 0 Å². The largest absolute Gasteiger partial charge is 0.381 e. The van der Waals surface area contributed by atoms with Crippen LogP contribution in [0.5, 0.6) is 0 Å². The highest BCUT2D eigenvalue weighted by atomic mass is 16.5. The quantitative estimate of drug-likeness (QED) is 0.610. The molecule has 1 aliphatic carbocycles. The molecule has 0 spiro atoms. The Morgan fingerprint density at radius 2 is 2.00 bits per heavy atom. The van der Waals surface area contributed by atoms with Crippen molar-refractivity contribution < 1.29 is 4.74 Å². The molecule has 96 valence electrons. The number of nitrogens with one attached hydrogen (secondary N) is 1. The minimum Gasteiger partial charge on any atom is -0.381 e. The Balaban J connectivity index is 2.10. The number of hydrogen-bond donors (Lipinski definition) is 1. The van der Waals surface area contributed by atoms with Gasteiger partial charge in [0.25, 0.3) is 0 Å². The molecule has 2 heteroatoms. The van der Waals surface area contributed by atoms with Crippen molar-refractivity contribution >= 4 is 0 Å². The van der Waals surface area contributed by atoms with Gasteiger partial charge in [-0.25, -0.2) is 0 Å². The van der Waals surface area contributed by atoms with Crippen molar-refractivity contribution in [2.24, 2.45) is 5.41 Å². The van der Waals surface area contributed by atoms with Crippen LogP contribution >= 0.6 is 0 Å². The van der Waals surface area contributed by atoms with Gasteiger partial charge in [-0.3, -0.25) is 0 Å². The minimum absolute atomic E-state index is 0.566. The smallest absolute Gasteiger partial charge is 0.0471 e. The fourth-order valence-electron chi connectivity index (χ4n) is 2.25. The predicted octanol–water partition coefficient (Wildman–Crippen LogP) is 3.36. The first kappa shape index (κ1) is 14.0. The molecule has 0 aromatic carbocycles. The molecule has 0 aromatic rings. The summed E-state index contributed by atoms with van der Waals surface area (Å²) in [5.41, 5.74) is 0.566. The lowest BCUT2D eigenvalue weighted by Crippen LogP contribution is -2.42. The molecule has 0 unspecified atom stereocenters. The van der Waals surface area contributed by atoms with Gasteiger partial charge < -0.3 is 10.1 Å². The first-order valence-corrected chi connectivity index (χ1v) is 7.00. The van der Waals surface area contributed by atoms with E-state index >= 15 is 0 Å². The molecule has 0 bridgehead atoms. The Hall–Kier alpha value is -0.0800. The van der Waals surface area contributed by atoms with E-state index < -0.39 is 0 Å². The molecule has 0 aromatic heterocycles. The number of hydrogen-bond acceptors (Lipinski definition) is 2. The molecular weight excluding hydrogens is 198 g/mol. The summed E-state index contributed by atoms with van der Waals surface area (Å²) in [5.74, 6) is 0. The SMILES string of the molecule is CCCCOCCC1(CNC(C)C)CCC1. The first-order chi connectivity index (χ1) is 7.68. The summed E-state index contributed by atoms with van der Waals surface area (Å²) in [6.45, 7) is 9.75. The molecule has 1 rings (SSSR count). The third-order valence-corrected chi connectivity index (χ3v) is 3.72. The third-order valence-electron chi connectivity index (χ3n) is 3.72. The fraction of sp³-hybridized carbons (Fsp3) is 1.00. The van der Waals surface area contributed by atoms with Gasteiger partial charge in [0.15, 0.2) is 0 Å². The lowest BCUT2D eigenvalue weighted by atomic mass is 9.66. The standard InChI is InChI=1S/C14H29NO/c1-4-5-10-16-11-9-14(7-6-8-14)12-15-13(2)3/h13,15H,4-12H2,1-3H3. The summed E-state index contributed by atoms with van der Waals surface area (Å²) in [6.07, 6.45) is 7.89. The zero-order chi connectivity index (χ0) is 11.9. The molecule has 1 fully saturated rings. The molecule has 0 atom stereocenters. The van der Waals surface area contributed by atoms with E-state index in [0.717, 1.165) is 13.2 Å². The molecule has 0 aliphatic heterocycles. The molecule has 0 saturated heterocycles. The molecule has 16 heavy (non-hydrogen) atoms. The van der Waals surface area contributed by atoms with E-state index in [1.807, 2.05) is 0 Å². The lowest BCUT2D eigenvalue weighted by Gasteiger charge is -2.42. The van der Waals surface area contributed by atoms with Crippen LogP contribution in [0.15, 0.2) is 0 Å². The number of unbranched alkanes of at least 4 members (excludes halogenated alkanes) is 1. The highest BCUT2D eigenvalue weighted by Crippen LogP contribution is 2.43. The summed E-state index contributed by atoms with van der Waals surface area (Å²) < 4.78 is 5.68. The van der Waals surface area contributed by atoms with E-state index in [-0.39, 0.29) is 0 Å². The van der Waals surface area contributed by atoms with E-state index in [9.17, 15) is 0 Å². The summed E-state index contributed by atoms with van der Waals surface area (Å²) >= 11 is 0. The van der Waals surface area contributed by atoms with E-state index in [2.05, 4.69) is 26.1 Å². The Kier molecular flexibility index (Phi) is 6.37. The highest BCUT2D eigenvalue weighted by molar-refractivity contribution is 4.89. The van der Waals surface area contributed by atoms with Crippen molar-refractivity contribution in [3.8, 4) is 0 Å². The van der Waals surface area contributed by atoms with Crippen LogP contribution < -0.4 is 5.32 Å². The number of rotatable bonds is 9. The molecule has 0 amide bonds. The van der Waals surface area contributed by atoms with Crippen molar-refractivity contribution in [2.75, 3.05) is 19.8 Å².